The summed E-state index contributed by atoms with van der Waals surface area (Å²) in [5.41, 5.74) is 2.29. The molecule has 10 heteroatoms. The summed E-state index contributed by atoms with van der Waals surface area (Å²) in [7, 11) is 1.54. The molecular weight excluding hydrogens is 366 g/mol. The van der Waals surface area contributed by atoms with Crippen molar-refractivity contribution in [3.8, 4) is 17.1 Å². The molecule has 0 radical (unpaired) electrons. The summed E-state index contributed by atoms with van der Waals surface area (Å²) < 4.78 is 6.69. The van der Waals surface area contributed by atoms with Crippen molar-refractivity contribution in [2.45, 2.75) is 12.8 Å². The molecule has 4 aromatic heterocycles. The van der Waals surface area contributed by atoms with Crippen molar-refractivity contribution in [2.24, 2.45) is 0 Å². The molecular formula is C17H15N7O2S. The van der Waals surface area contributed by atoms with Crippen LogP contribution in [0.1, 0.15) is 12.2 Å². The number of aryl methyl sites for hydroxylation is 1. The average molecular weight is 381 g/mol. The van der Waals surface area contributed by atoms with Crippen molar-refractivity contribution in [1.82, 2.24) is 29.8 Å². The maximum atomic E-state index is 12.3. The molecule has 136 valence electrons. The first-order valence-electron chi connectivity index (χ1n) is 8.14. The lowest BCUT2D eigenvalue weighted by atomic mass is 10.2. The van der Waals surface area contributed by atoms with Gasteiger partial charge in [-0.15, -0.1) is 26.6 Å². The van der Waals surface area contributed by atoms with Gasteiger partial charge in [0, 0.05) is 42.2 Å². The van der Waals surface area contributed by atoms with Crippen LogP contribution in [0.15, 0.2) is 42.0 Å². The van der Waals surface area contributed by atoms with Gasteiger partial charge in [-0.3, -0.25) is 9.78 Å². The van der Waals surface area contributed by atoms with Gasteiger partial charge in [0.25, 0.3) is 0 Å². The Morgan fingerprint density at radius 3 is 3.04 bits per heavy atom. The summed E-state index contributed by atoms with van der Waals surface area (Å²) in [4.78, 5) is 20.7. The number of fused-ring (bicyclic) bond motifs is 1. The lowest BCUT2D eigenvalue weighted by molar-refractivity contribution is -0.116. The van der Waals surface area contributed by atoms with Crippen LogP contribution in [0.2, 0.25) is 0 Å². The van der Waals surface area contributed by atoms with E-state index in [0.717, 1.165) is 11.3 Å². The molecule has 0 spiro atoms. The SMILES string of the molecule is COc1ccc2nnc(CCC(=O)Nc3nc(-c4cccnc4)cs3)n2n1. The topological polar surface area (TPSA) is 107 Å². The van der Waals surface area contributed by atoms with E-state index in [-0.39, 0.29) is 12.3 Å². The fourth-order valence-electron chi connectivity index (χ4n) is 2.47. The van der Waals surface area contributed by atoms with E-state index < -0.39 is 0 Å². The first-order chi connectivity index (χ1) is 13.2. The Balaban J connectivity index is 1.40. The second-order valence-corrected chi connectivity index (χ2v) is 6.45. The number of pyridine rings is 1. The number of nitrogens with zero attached hydrogens (tertiary/aromatic N) is 6. The summed E-state index contributed by atoms with van der Waals surface area (Å²) in [5.74, 6) is 0.898. The number of ether oxygens (including phenoxy) is 1. The fourth-order valence-corrected chi connectivity index (χ4v) is 3.20. The molecule has 0 aromatic carbocycles. The molecule has 1 amide bonds. The quantitative estimate of drug-likeness (QED) is 0.546. The molecule has 4 heterocycles. The molecule has 1 N–H and O–H groups in total. The van der Waals surface area contributed by atoms with Crippen LogP contribution in [0.3, 0.4) is 0 Å². The number of thiazole rings is 1. The van der Waals surface area contributed by atoms with Crippen molar-refractivity contribution >= 4 is 28.0 Å². The van der Waals surface area contributed by atoms with E-state index in [1.54, 1.807) is 36.2 Å². The van der Waals surface area contributed by atoms with E-state index in [4.69, 9.17) is 4.74 Å². The smallest absolute Gasteiger partial charge is 0.231 e. The third-order valence-electron chi connectivity index (χ3n) is 3.80. The number of amides is 1. The van der Waals surface area contributed by atoms with Gasteiger partial charge in [0.2, 0.25) is 11.8 Å². The zero-order chi connectivity index (χ0) is 18.6. The number of rotatable bonds is 6. The molecule has 0 atom stereocenters. The third kappa shape index (κ3) is 3.75. The Bertz CT molecular complexity index is 1080. The standard InChI is InChI=1S/C17H15N7O2S/c1-26-16-7-5-14-22-21-13(24(14)23-16)4-6-15(25)20-17-19-12(10-27-17)11-3-2-8-18-9-11/h2-3,5,7-10H,4,6H2,1H3,(H,19,20,25). The van der Waals surface area contributed by atoms with Crippen LogP contribution in [0.25, 0.3) is 16.9 Å². The zero-order valence-corrected chi connectivity index (χ0v) is 15.2. The summed E-state index contributed by atoms with van der Waals surface area (Å²) in [5, 5.41) is 17.6. The Morgan fingerprint density at radius 2 is 2.22 bits per heavy atom. The molecule has 4 aromatic rings. The highest BCUT2D eigenvalue weighted by molar-refractivity contribution is 7.14. The third-order valence-corrected chi connectivity index (χ3v) is 4.55. The summed E-state index contributed by atoms with van der Waals surface area (Å²) in [6.07, 6.45) is 4.07. The largest absolute Gasteiger partial charge is 0.480 e. The maximum absolute atomic E-state index is 12.3. The maximum Gasteiger partial charge on any atom is 0.231 e. The number of hydrogen-bond acceptors (Lipinski definition) is 8. The van der Waals surface area contributed by atoms with Gasteiger partial charge in [-0.25, -0.2) is 4.98 Å². The van der Waals surface area contributed by atoms with E-state index in [2.05, 4.69) is 30.6 Å². The second kappa shape index (κ2) is 7.46. The molecule has 0 aliphatic heterocycles. The minimum atomic E-state index is -0.151. The van der Waals surface area contributed by atoms with Crippen molar-refractivity contribution in [3.05, 3.63) is 47.9 Å². The van der Waals surface area contributed by atoms with Gasteiger partial charge in [0.1, 0.15) is 0 Å². The predicted molar refractivity (Wildman–Crippen MR) is 99.6 cm³/mol. The number of methoxy groups -OCH3 is 1. The highest BCUT2D eigenvalue weighted by Crippen LogP contribution is 2.24. The molecule has 0 saturated carbocycles. The first-order valence-corrected chi connectivity index (χ1v) is 9.02. The second-order valence-electron chi connectivity index (χ2n) is 5.59. The zero-order valence-electron chi connectivity index (χ0n) is 14.4. The van der Waals surface area contributed by atoms with Crippen LogP contribution >= 0.6 is 11.3 Å². The van der Waals surface area contributed by atoms with Crippen LogP contribution in [-0.2, 0) is 11.2 Å². The lowest BCUT2D eigenvalue weighted by Gasteiger charge is -2.02. The Morgan fingerprint density at radius 1 is 1.30 bits per heavy atom. The molecule has 0 aliphatic rings. The van der Waals surface area contributed by atoms with E-state index in [1.807, 2.05) is 17.5 Å². The van der Waals surface area contributed by atoms with Gasteiger partial charge >= 0.3 is 0 Å². The molecule has 0 unspecified atom stereocenters. The number of aromatic nitrogens is 6. The van der Waals surface area contributed by atoms with Gasteiger partial charge in [0.15, 0.2) is 16.6 Å². The van der Waals surface area contributed by atoms with E-state index in [1.165, 1.54) is 11.3 Å². The van der Waals surface area contributed by atoms with Crippen molar-refractivity contribution in [2.75, 3.05) is 12.4 Å². The molecule has 4 rings (SSSR count). The van der Waals surface area contributed by atoms with Crippen molar-refractivity contribution in [1.29, 1.82) is 0 Å². The first kappa shape index (κ1) is 17.0. The Kier molecular flexibility index (Phi) is 4.71. The normalized spacial score (nSPS) is 10.9. The van der Waals surface area contributed by atoms with Crippen LogP contribution in [0.4, 0.5) is 5.13 Å². The van der Waals surface area contributed by atoms with Crippen molar-refractivity contribution in [3.63, 3.8) is 0 Å². The fraction of sp³-hybridized carbons (Fsp3) is 0.176. The molecule has 0 aliphatic carbocycles. The van der Waals surface area contributed by atoms with Gasteiger partial charge in [-0.05, 0) is 18.2 Å². The van der Waals surface area contributed by atoms with Crippen LogP contribution in [-0.4, -0.2) is 42.8 Å². The van der Waals surface area contributed by atoms with Gasteiger partial charge in [-0.1, -0.05) is 0 Å². The van der Waals surface area contributed by atoms with E-state index >= 15 is 0 Å². The number of hydrogen-bond donors (Lipinski definition) is 1. The highest BCUT2D eigenvalue weighted by Gasteiger charge is 2.12. The molecule has 0 bridgehead atoms. The Hall–Kier alpha value is -3.40. The van der Waals surface area contributed by atoms with E-state index in [0.29, 0.717) is 28.9 Å². The highest BCUT2D eigenvalue weighted by atomic mass is 32.1. The minimum Gasteiger partial charge on any atom is -0.480 e. The lowest BCUT2D eigenvalue weighted by Crippen LogP contribution is -2.13. The average Bonchev–Trinajstić information content (AvgIpc) is 3.33. The van der Waals surface area contributed by atoms with Crippen molar-refractivity contribution < 1.29 is 9.53 Å². The molecule has 0 saturated heterocycles. The van der Waals surface area contributed by atoms with Gasteiger partial charge in [0.05, 0.1) is 12.8 Å². The number of carbonyl (C=O) groups excluding carboxylic acids is 1. The van der Waals surface area contributed by atoms with Crippen LogP contribution < -0.4 is 10.1 Å². The molecule has 27 heavy (non-hydrogen) atoms. The minimum absolute atomic E-state index is 0.151. The Labute approximate surface area is 158 Å². The molecule has 9 nitrogen and oxygen atoms in total. The van der Waals surface area contributed by atoms with Gasteiger partial charge < -0.3 is 10.1 Å². The van der Waals surface area contributed by atoms with Crippen LogP contribution in [0, 0.1) is 0 Å². The number of anilines is 1. The predicted octanol–water partition coefficient (Wildman–Crippen LogP) is 2.22. The van der Waals surface area contributed by atoms with Gasteiger partial charge in [-0.2, -0.15) is 4.52 Å². The number of nitrogens with one attached hydrogen (secondary N) is 1. The summed E-state index contributed by atoms with van der Waals surface area (Å²) in [6, 6.07) is 7.24. The summed E-state index contributed by atoms with van der Waals surface area (Å²) in [6.45, 7) is 0. The summed E-state index contributed by atoms with van der Waals surface area (Å²) >= 11 is 1.37. The molecule has 0 fully saturated rings. The number of carbonyl (C=O) groups is 1. The van der Waals surface area contributed by atoms with E-state index in [9.17, 15) is 4.79 Å². The van der Waals surface area contributed by atoms with Crippen LogP contribution in [0.5, 0.6) is 5.88 Å². The monoisotopic (exact) mass is 381 g/mol.